The van der Waals surface area contributed by atoms with Crippen molar-refractivity contribution in [3.63, 3.8) is 0 Å². The average Bonchev–Trinajstić information content (AvgIpc) is 3.26. The Balaban J connectivity index is 0.00000243. The number of hydrogen-bond acceptors (Lipinski definition) is 6. The van der Waals surface area contributed by atoms with E-state index in [0.29, 0.717) is 11.7 Å². The number of carbonyl (C=O) groups is 1. The van der Waals surface area contributed by atoms with E-state index in [9.17, 15) is 4.79 Å². The van der Waals surface area contributed by atoms with Crippen LogP contribution < -0.4 is 10.6 Å². The lowest BCUT2D eigenvalue weighted by atomic mass is 10.1. The van der Waals surface area contributed by atoms with Gasteiger partial charge < -0.3 is 15.2 Å². The highest BCUT2D eigenvalue weighted by molar-refractivity contribution is 5.85. The topological polar surface area (TPSA) is 97.9 Å². The van der Waals surface area contributed by atoms with Crippen molar-refractivity contribution >= 4 is 18.3 Å². The molecular weight excluding hydrogens is 356 g/mol. The van der Waals surface area contributed by atoms with E-state index >= 15 is 0 Å². The van der Waals surface area contributed by atoms with Crippen LogP contribution >= 0.6 is 12.4 Å². The molecule has 3 rings (SSSR count). The Bertz CT molecular complexity index is 848. The first-order chi connectivity index (χ1) is 12.1. The highest BCUT2D eigenvalue weighted by Crippen LogP contribution is 2.19. The smallest absolute Gasteiger partial charge is 0.257 e. The molecule has 3 aromatic rings. The predicted octanol–water partition coefficient (Wildman–Crippen LogP) is 2.03. The first kappa shape index (κ1) is 19.6. The minimum atomic E-state index is -0.503. The van der Waals surface area contributed by atoms with Crippen molar-refractivity contribution in [1.82, 2.24) is 30.6 Å². The standard InChI is InChI=1S/C17H20N6O2.ClH/c1-11(15-21-17(25-22-15)12-7-5-4-6-8-12)20-16(24)14(18-2)13-9-19-23(3)10-13;/h4-11,14,18H,1-3H3,(H,20,24);1H. The SMILES string of the molecule is CNC(C(=O)NC(C)c1noc(-c2ccccc2)n1)c1cnn(C)c1.Cl. The second-order valence-corrected chi connectivity index (χ2v) is 5.72. The highest BCUT2D eigenvalue weighted by atomic mass is 35.5. The van der Waals surface area contributed by atoms with Gasteiger partial charge in [0.05, 0.1) is 12.2 Å². The van der Waals surface area contributed by atoms with Gasteiger partial charge in [0.1, 0.15) is 6.04 Å². The molecule has 9 heteroatoms. The van der Waals surface area contributed by atoms with Crippen molar-refractivity contribution in [1.29, 1.82) is 0 Å². The number of carbonyl (C=O) groups excluding carboxylic acids is 1. The third kappa shape index (κ3) is 4.27. The highest BCUT2D eigenvalue weighted by Gasteiger charge is 2.24. The molecule has 1 amide bonds. The van der Waals surface area contributed by atoms with Crippen molar-refractivity contribution in [2.24, 2.45) is 7.05 Å². The Hall–Kier alpha value is -2.71. The fourth-order valence-electron chi connectivity index (χ4n) is 2.51. The lowest BCUT2D eigenvalue weighted by Gasteiger charge is -2.17. The van der Waals surface area contributed by atoms with Gasteiger partial charge in [0.2, 0.25) is 5.91 Å². The molecule has 0 fully saturated rings. The second kappa shape index (κ2) is 8.59. The van der Waals surface area contributed by atoms with E-state index in [-0.39, 0.29) is 24.4 Å². The summed E-state index contributed by atoms with van der Waals surface area (Å²) in [6, 6.07) is 8.60. The minimum absolute atomic E-state index is 0. The van der Waals surface area contributed by atoms with Gasteiger partial charge in [0, 0.05) is 24.4 Å². The summed E-state index contributed by atoms with van der Waals surface area (Å²) in [6.07, 6.45) is 3.46. The van der Waals surface area contributed by atoms with Crippen LogP contribution in [-0.4, -0.2) is 32.9 Å². The van der Waals surface area contributed by atoms with E-state index in [1.54, 1.807) is 31.2 Å². The van der Waals surface area contributed by atoms with Gasteiger partial charge in [-0.2, -0.15) is 10.1 Å². The number of aryl methyl sites for hydroxylation is 1. The molecule has 0 saturated carbocycles. The van der Waals surface area contributed by atoms with Crippen LogP contribution in [0.3, 0.4) is 0 Å². The summed E-state index contributed by atoms with van der Waals surface area (Å²) in [7, 11) is 3.53. The lowest BCUT2D eigenvalue weighted by Crippen LogP contribution is -2.37. The molecule has 0 saturated heterocycles. The fourth-order valence-corrected chi connectivity index (χ4v) is 2.51. The summed E-state index contributed by atoms with van der Waals surface area (Å²) in [5.41, 5.74) is 1.62. The molecule has 8 nitrogen and oxygen atoms in total. The molecule has 0 bridgehead atoms. The van der Waals surface area contributed by atoms with Gasteiger partial charge in [-0.1, -0.05) is 23.4 Å². The molecule has 2 N–H and O–H groups in total. The molecule has 0 radical (unpaired) electrons. The molecule has 0 spiro atoms. The molecule has 2 aromatic heterocycles. The van der Waals surface area contributed by atoms with Crippen LogP contribution in [0.15, 0.2) is 47.2 Å². The predicted molar refractivity (Wildman–Crippen MR) is 98.5 cm³/mol. The summed E-state index contributed by atoms with van der Waals surface area (Å²) in [5, 5.41) is 14.0. The maximum Gasteiger partial charge on any atom is 0.257 e. The quantitative estimate of drug-likeness (QED) is 0.683. The van der Waals surface area contributed by atoms with E-state index in [1.165, 1.54) is 0 Å². The Labute approximate surface area is 157 Å². The summed E-state index contributed by atoms with van der Waals surface area (Å²) in [4.78, 5) is 16.9. The monoisotopic (exact) mass is 376 g/mol. The normalized spacial score (nSPS) is 12.9. The van der Waals surface area contributed by atoms with E-state index in [0.717, 1.165) is 11.1 Å². The number of halogens is 1. The van der Waals surface area contributed by atoms with Crippen molar-refractivity contribution in [2.75, 3.05) is 7.05 Å². The number of nitrogens with zero attached hydrogens (tertiary/aromatic N) is 4. The maximum atomic E-state index is 12.5. The Morgan fingerprint density at radius 2 is 2.00 bits per heavy atom. The van der Waals surface area contributed by atoms with Crippen molar-refractivity contribution in [3.05, 3.63) is 54.1 Å². The number of hydrogen-bond donors (Lipinski definition) is 2. The van der Waals surface area contributed by atoms with E-state index in [4.69, 9.17) is 4.52 Å². The third-order valence-electron chi connectivity index (χ3n) is 3.82. The molecule has 26 heavy (non-hydrogen) atoms. The molecule has 0 aliphatic rings. The lowest BCUT2D eigenvalue weighted by molar-refractivity contribution is -0.123. The fraction of sp³-hybridized carbons (Fsp3) is 0.294. The largest absolute Gasteiger partial charge is 0.345 e. The summed E-state index contributed by atoms with van der Waals surface area (Å²) in [5.74, 6) is 0.663. The maximum absolute atomic E-state index is 12.5. The van der Waals surface area contributed by atoms with Crippen LogP contribution in [0, 0.1) is 0 Å². The first-order valence-electron chi connectivity index (χ1n) is 7.93. The average molecular weight is 377 g/mol. The zero-order valence-corrected chi connectivity index (χ0v) is 15.5. The van der Waals surface area contributed by atoms with Crippen molar-refractivity contribution < 1.29 is 9.32 Å². The van der Waals surface area contributed by atoms with Crippen LogP contribution in [-0.2, 0) is 11.8 Å². The minimum Gasteiger partial charge on any atom is -0.345 e. The number of aromatic nitrogens is 4. The van der Waals surface area contributed by atoms with Crippen LogP contribution in [0.4, 0.5) is 0 Å². The van der Waals surface area contributed by atoms with E-state index < -0.39 is 6.04 Å². The molecule has 138 valence electrons. The Morgan fingerprint density at radius 1 is 1.27 bits per heavy atom. The number of benzene rings is 1. The summed E-state index contributed by atoms with van der Waals surface area (Å²) in [6.45, 7) is 1.81. The molecule has 0 aliphatic carbocycles. The number of amides is 1. The van der Waals surface area contributed by atoms with Crippen molar-refractivity contribution in [3.8, 4) is 11.5 Å². The molecule has 2 unspecified atom stereocenters. The van der Waals surface area contributed by atoms with E-state index in [2.05, 4.69) is 25.9 Å². The molecule has 2 heterocycles. The second-order valence-electron chi connectivity index (χ2n) is 5.72. The molecule has 1 aromatic carbocycles. The van der Waals surface area contributed by atoms with E-state index in [1.807, 2.05) is 37.3 Å². The van der Waals surface area contributed by atoms with Gasteiger partial charge in [-0.05, 0) is 26.1 Å². The number of likely N-dealkylation sites (N-methyl/N-ethyl adjacent to an activating group) is 1. The number of nitrogens with one attached hydrogen (secondary N) is 2. The van der Waals surface area contributed by atoms with Crippen LogP contribution in [0.5, 0.6) is 0 Å². The van der Waals surface area contributed by atoms with Gasteiger partial charge in [-0.25, -0.2) is 0 Å². The first-order valence-corrected chi connectivity index (χ1v) is 7.93. The number of rotatable bonds is 6. The molecule has 2 atom stereocenters. The summed E-state index contributed by atoms with van der Waals surface area (Å²) >= 11 is 0. The zero-order chi connectivity index (χ0) is 17.8. The van der Waals surface area contributed by atoms with Crippen LogP contribution in [0.1, 0.15) is 30.4 Å². The van der Waals surface area contributed by atoms with Crippen molar-refractivity contribution in [2.45, 2.75) is 19.0 Å². The van der Waals surface area contributed by atoms with Gasteiger partial charge in [0.25, 0.3) is 5.89 Å². The van der Waals surface area contributed by atoms with Gasteiger partial charge in [-0.15, -0.1) is 12.4 Å². The van der Waals surface area contributed by atoms with Gasteiger partial charge in [-0.3, -0.25) is 9.48 Å². The molecule has 0 aliphatic heterocycles. The third-order valence-corrected chi connectivity index (χ3v) is 3.82. The molecular formula is C17H21ClN6O2. The zero-order valence-electron chi connectivity index (χ0n) is 14.7. The van der Waals surface area contributed by atoms with Gasteiger partial charge in [0.15, 0.2) is 5.82 Å². The van der Waals surface area contributed by atoms with Gasteiger partial charge >= 0.3 is 0 Å². The Kier molecular flexibility index (Phi) is 6.48. The Morgan fingerprint density at radius 3 is 2.62 bits per heavy atom. The van der Waals surface area contributed by atoms with Crippen LogP contribution in [0.25, 0.3) is 11.5 Å². The van der Waals surface area contributed by atoms with Crippen LogP contribution in [0.2, 0.25) is 0 Å². The summed E-state index contributed by atoms with van der Waals surface area (Å²) < 4.78 is 6.94.